The molecule has 0 saturated carbocycles. The number of aryl methyl sites for hydroxylation is 1. The van der Waals surface area contributed by atoms with Crippen molar-refractivity contribution in [1.82, 2.24) is 0 Å². The van der Waals surface area contributed by atoms with Crippen molar-refractivity contribution in [3.05, 3.63) is 94.9 Å². The van der Waals surface area contributed by atoms with Crippen molar-refractivity contribution < 1.29 is 4.39 Å². The summed E-state index contributed by atoms with van der Waals surface area (Å²) in [5, 5.41) is 0.630. The van der Waals surface area contributed by atoms with E-state index in [0.717, 1.165) is 34.6 Å². The van der Waals surface area contributed by atoms with Crippen molar-refractivity contribution in [1.29, 1.82) is 0 Å². The summed E-state index contributed by atoms with van der Waals surface area (Å²) in [5.74, 6) is -0.305. The van der Waals surface area contributed by atoms with Crippen molar-refractivity contribution >= 4 is 29.1 Å². The molecular formula is C24H21ClFN. The first-order chi connectivity index (χ1) is 13.0. The first-order valence-corrected chi connectivity index (χ1v) is 9.21. The first kappa shape index (κ1) is 19.0. The number of para-hydroxylation sites is 1. The Kier molecular flexibility index (Phi) is 5.81. The van der Waals surface area contributed by atoms with Gasteiger partial charge in [-0.2, -0.15) is 0 Å². The number of benzene rings is 3. The molecule has 3 heteroatoms. The molecule has 27 heavy (non-hydrogen) atoms. The molecule has 0 radical (unpaired) electrons. The van der Waals surface area contributed by atoms with Gasteiger partial charge in [-0.25, -0.2) is 4.39 Å². The molecule has 3 rings (SSSR count). The fourth-order valence-corrected chi connectivity index (χ4v) is 3.48. The van der Waals surface area contributed by atoms with Crippen LogP contribution < -0.4 is 4.90 Å². The van der Waals surface area contributed by atoms with Crippen LogP contribution in [0.2, 0.25) is 5.02 Å². The fraction of sp³-hybridized carbons (Fsp3) is 0.125. The lowest BCUT2D eigenvalue weighted by Crippen LogP contribution is -2.17. The molecule has 3 aromatic rings. The summed E-state index contributed by atoms with van der Waals surface area (Å²) in [6.07, 6.45) is 1.53. The van der Waals surface area contributed by atoms with Crippen LogP contribution in [-0.4, -0.2) is 6.54 Å². The maximum Gasteiger partial charge on any atom is 0.131 e. The van der Waals surface area contributed by atoms with Crippen LogP contribution in [0.5, 0.6) is 0 Å². The van der Waals surface area contributed by atoms with Gasteiger partial charge in [0.05, 0.1) is 5.02 Å². The second-order valence-corrected chi connectivity index (χ2v) is 6.69. The minimum absolute atomic E-state index is 0.305. The highest BCUT2D eigenvalue weighted by Gasteiger charge is 2.14. The van der Waals surface area contributed by atoms with Gasteiger partial charge in [0.1, 0.15) is 5.82 Å². The maximum atomic E-state index is 13.9. The van der Waals surface area contributed by atoms with Gasteiger partial charge in [0, 0.05) is 29.0 Å². The van der Waals surface area contributed by atoms with Gasteiger partial charge in [-0.3, -0.25) is 0 Å². The zero-order chi connectivity index (χ0) is 19.4. The average Bonchev–Trinajstić information content (AvgIpc) is 2.68. The Labute approximate surface area is 165 Å². The van der Waals surface area contributed by atoms with E-state index < -0.39 is 0 Å². The van der Waals surface area contributed by atoms with E-state index in [1.165, 1.54) is 12.1 Å². The lowest BCUT2D eigenvalue weighted by molar-refractivity contribution is 0.625. The third-order valence-corrected chi connectivity index (χ3v) is 4.84. The van der Waals surface area contributed by atoms with Gasteiger partial charge in [0.15, 0.2) is 0 Å². The van der Waals surface area contributed by atoms with Crippen molar-refractivity contribution in [2.45, 2.75) is 13.8 Å². The molecule has 0 amide bonds. The highest BCUT2D eigenvalue weighted by Crippen LogP contribution is 2.37. The molecule has 1 nitrogen and oxygen atoms in total. The molecule has 0 atom stereocenters. The Balaban J connectivity index is 2.08. The summed E-state index contributed by atoms with van der Waals surface area (Å²) in [7, 11) is 0. The van der Waals surface area contributed by atoms with E-state index in [0.29, 0.717) is 10.6 Å². The molecule has 0 heterocycles. The predicted molar refractivity (Wildman–Crippen MR) is 114 cm³/mol. The SMILES string of the molecule is C=C=Cc1cc(-c2cc(C)c(N(CC)c3ccccc3)cc2Cl)ccc1F. The zero-order valence-corrected chi connectivity index (χ0v) is 16.2. The normalized spacial score (nSPS) is 10.4. The van der Waals surface area contributed by atoms with E-state index in [4.69, 9.17) is 11.6 Å². The van der Waals surface area contributed by atoms with Crippen LogP contribution in [0.4, 0.5) is 15.8 Å². The van der Waals surface area contributed by atoms with E-state index in [1.807, 2.05) is 24.3 Å². The van der Waals surface area contributed by atoms with Crippen LogP contribution in [0.25, 0.3) is 17.2 Å². The third-order valence-electron chi connectivity index (χ3n) is 4.53. The van der Waals surface area contributed by atoms with Gasteiger partial charge in [0.25, 0.3) is 0 Å². The van der Waals surface area contributed by atoms with Crippen molar-refractivity contribution in [3.8, 4) is 11.1 Å². The number of halogens is 2. The molecule has 0 bridgehead atoms. The number of anilines is 2. The summed E-state index contributed by atoms with van der Waals surface area (Å²) in [4.78, 5) is 2.22. The van der Waals surface area contributed by atoms with Crippen LogP contribution >= 0.6 is 11.6 Å². The van der Waals surface area contributed by atoms with E-state index in [9.17, 15) is 4.39 Å². The van der Waals surface area contributed by atoms with Crippen LogP contribution in [0.3, 0.4) is 0 Å². The van der Waals surface area contributed by atoms with Crippen LogP contribution in [0, 0.1) is 12.7 Å². The molecule has 0 aliphatic carbocycles. The smallest absolute Gasteiger partial charge is 0.131 e. The molecule has 0 saturated heterocycles. The molecule has 0 spiro atoms. The minimum Gasteiger partial charge on any atom is -0.342 e. The molecule has 0 aromatic heterocycles. The van der Waals surface area contributed by atoms with Gasteiger partial charge in [-0.15, -0.1) is 5.73 Å². The quantitative estimate of drug-likeness (QED) is 0.418. The van der Waals surface area contributed by atoms with Gasteiger partial charge >= 0.3 is 0 Å². The van der Waals surface area contributed by atoms with Crippen molar-refractivity contribution in [2.75, 3.05) is 11.4 Å². The van der Waals surface area contributed by atoms with Crippen LogP contribution in [0.1, 0.15) is 18.1 Å². The van der Waals surface area contributed by atoms with E-state index in [1.54, 1.807) is 12.1 Å². The standard InChI is InChI=1S/C24H21ClFN/c1-4-9-19-15-18(12-13-23(19)26)21-14-17(3)24(16-22(21)25)27(5-2)20-10-7-6-8-11-20/h6-16H,1,5H2,2-3H3. The lowest BCUT2D eigenvalue weighted by Gasteiger charge is -2.26. The second-order valence-electron chi connectivity index (χ2n) is 6.28. The summed E-state index contributed by atoms with van der Waals surface area (Å²) in [6.45, 7) is 8.52. The highest BCUT2D eigenvalue weighted by molar-refractivity contribution is 6.33. The van der Waals surface area contributed by atoms with Gasteiger partial charge in [-0.1, -0.05) is 42.4 Å². The predicted octanol–water partition coefficient (Wildman–Crippen LogP) is 7.41. The van der Waals surface area contributed by atoms with Gasteiger partial charge in [0.2, 0.25) is 0 Å². The Bertz CT molecular complexity index is 1000. The fourth-order valence-electron chi connectivity index (χ4n) is 3.21. The van der Waals surface area contributed by atoms with Crippen LogP contribution in [0.15, 0.2) is 73.0 Å². The largest absolute Gasteiger partial charge is 0.342 e. The number of nitrogens with zero attached hydrogens (tertiary/aromatic N) is 1. The molecule has 0 unspecified atom stereocenters. The van der Waals surface area contributed by atoms with Gasteiger partial charge in [-0.05, 0) is 67.4 Å². The monoisotopic (exact) mass is 377 g/mol. The molecule has 0 N–H and O–H groups in total. The van der Waals surface area contributed by atoms with Crippen molar-refractivity contribution in [3.63, 3.8) is 0 Å². The van der Waals surface area contributed by atoms with Crippen molar-refractivity contribution in [2.24, 2.45) is 0 Å². The number of hydrogen-bond donors (Lipinski definition) is 0. The number of rotatable bonds is 5. The second kappa shape index (κ2) is 8.26. The average molecular weight is 378 g/mol. The highest BCUT2D eigenvalue weighted by atomic mass is 35.5. The molecule has 0 aliphatic rings. The van der Waals surface area contributed by atoms with E-state index >= 15 is 0 Å². The molecular weight excluding hydrogens is 357 g/mol. The molecule has 0 aliphatic heterocycles. The van der Waals surface area contributed by atoms with E-state index in [2.05, 4.69) is 49.3 Å². The summed E-state index contributed by atoms with van der Waals surface area (Å²) >= 11 is 6.64. The van der Waals surface area contributed by atoms with Crippen LogP contribution in [-0.2, 0) is 0 Å². The Morgan fingerprint density at radius 2 is 1.85 bits per heavy atom. The van der Waals surface area contributed by atoms with Gasteiger partial charge < -0.3 is 4.90 Å². The summed E-state index contributed by atoms with van der Waals surface area (Å²) < 4.78 is 13.9. The Hall–Kier alpha value is -2.80. The summed E-state index contributed by atoms with van der Waals surface area (Å²) in [6, 6.07) is 19.2. The first-order valence-electron chi connectivity index (χ1n) is 8.83. The third kappa shape index (κ3) is 3.98. The molecule has 136 valence electrons. The van der Waals surface area contributed by atoms with E-state index in [-0.39, 0.29) is 5.82 Å². The Morgan fingerprint density at radius 1 is 1.11 bits per heavy atom. The Morgan fingerprint density at radius 3 is 2.52 bits per heavy atom. The molecule has 0 fully saturated rings. The molecule has 3 aromatic carbocycles. The minimum atomic E-state index is -0.305. The maximum absolute atomic E-state index is 13.9. The topological polar surface area (TPSA) is 3.24 Å². The number of hydrogen-bond acceptors (Lipinski definition) is 1. The lowest BCUT2D eigenvalue weighted by atomic mass is 9.99. The summed E-state index contributed by atoms with van der Waals surface area (Å²) in [5.41, 5.74) is 8.09. The zero-order valence-electron chi connectivity index (χ0n) is 15.5.